The third kappa shape index (κ3) is 5.35. The summed E-state index contributed by atoms with van der Waals surface area (Å²) in [5.74, 6) is 0.581. The van der Waals surface area contributed by atoms with Crippen LogP contribution in [0.25, 0.3) is 0 Å². The summed E-state index contributed by atoms with van der Waals surface area (Å²) in [4.78, 5) is 23.0. The second-order valence-corrected chi connectivity index (χ2v) is 4.92. The molecule has 6 nitrogen and oxygen atoms in total. The molecule has 0 spiro atoms. The molecule has 2 rings (SSSR count). The molecule has 0 radical (unpaired) electrons. The average molecular weight is 313 g/mol. The van der Waals surface area contributed by atoms with Crippen LogP contribution in [-0.4, -0.2) is 19.0 Å². The van der Waals surface area contributed by atoms with Gasteiger partial charge in [0.15, 0.2) is 0 Å². The van der Waals surface area contributed by atoms with Crippen molar-refractivity contribution in [3.8, 4) is 5.75 Å². The second-order valence-electron chi connectivity index (χ2n) is 4.92. The first-order valence-corrected chi connectivity index (χ1v) is 7.12. The standard InChI is InChI=1S/C17H19N3O3/c1-12(21)19-14-6-4-7-15(10-14)20-17(22)18-11-13-5-3-8-16(9-13)23-2/h3-10H,11H2,1-2H3,(H,19,21)(H2,18,20,22). The first-order chi connectivity index (χ1) is 11.1. The SMILES string of the molecule is COc1cccc(CNC(=O)Nc2cccc(NC(C)=O)c2)c1. The van der Waals surface area contributed by atoms with Gasteiger partial charge in [-0.25, -0.2) is 4.79 Å². The summed E-state index contributed by atoms with van der Waals surface area (Å²) in [5, 5.41) is 8.15. The van der Waals surface area contributed by atoms with Crippen LogP contribution in [0.3, 0.4) is 0 Å². The first kappa shape index (κ1) is 16.4. The predicted octanol–water partition coefficient (Wildman–Crippen LogP) is 2.98. The summed E-state index contributed by atoms with van der Waals surface area (Å²) in [6.07, 6.45) is 0. The van der Waals surface area contributed by atoms with Crippen molar-refractivity contribution in [2.45, 2.75) is 13.5 Å². The van der Waals surface area contributed by atoms with Crippen LogP contribution < -0.4 is 20.7 Å². The fourth-order valence-electron chi connectivity index (χ4n) is 2.02. The average Bonchev–Trinajstić information content (AvgIpc) is 2.53. The van der Waals surface area contributed by atoms with E-state index in [9.17, 15) is 9.59 Å². The highest BCUT2D eigenvalue weighted by atomic mass is 16.5. The molecule has 0 heterocycles. The Hall–Kier alpha value is -3.02. The van der Waals surface area contributed by atoms with E-state index in [1.165, 1.54) is 6.92 Å². The van der Waals surface area contributed by atoms with Crippen LogP contribution in [0.4, 0.5) is 16.2 Å². The van der Waals surface area contributed by atoms with E-state index in [-0.39, 0.29) is 11.9 Å². The molecule has 0 bridgehead atoms. The van der Waals surface area contributed by atoms with Gasteiger partial charge >= 0.3 is 6.03 Å². The molecular formula is C17H19N3O3. The zero-order valence-corrected chi connectivity index (χ0v) is 13.1. The van der Waals surface area contributed by atoms with Crippen LogP contribution in [0.1, 0.15) is 12.5 Å². The summed E-state index contributed by atoms with van der Waals surface area (Å²) in [5.41, 5.74) is 2.16. The smallest absolute Gasteiger partial charge is 0.319 e. The number of rotatable bonds is 5. The van der Waals surface area contributed by atoms with Gasteiger partial charge in [-0.2, -0.15) is 0 Å². The highest BCUT2D eigenvalue weighted by molar-refractivity contribution is 5.92. The summed E-state index contributed by atoms with van der Waals surface area (Å²) in [6.45, 7) is 1.81. The molecule has 0 aliphatic rings. The number of hydrogen-bond acceptors (Lipinski definition) is 3. The summed E-state index contributed by atoms with van der Waals surface area (Å²) in [7, 11) is 1.60. The third-order valence-corrected chi connectivity index (χ3v) is 3.03. The fourth-order valence-corrected chi connectivity index (χ4v) is 2.02. The van der Waals surface area contributed by atoms with E-state index in [1.807, 2.05) is 24.3 Å². The number of amides is 3. The molecule has 0 atom stereocenters. The zero-order chi connectivity index (χ0) is 16.7. The largest absolute Gasteiger partial charge is 0.497 e. The molecule has 0 aliphatic carbocycles. The molecule has 0 unspecified atom stereocenters. The molecule has 0 saturated heterocycles. The van der Waals surface area contributed by atoms with Crippen molar-refractivity contribution < 1.29 is 14.3 Å². The molecule has 3 amide bonds. The Morgan fingerprint density at radius 1 is 1.00 bits per heavy atom. The number of ether oxygens (including phenoxy) is 1. The molecule has 23 heavy (non-hydrogen) atoms. The minimum atomic E-state index is -0.326. The zero-order valence-electron chi connectivity index (χ0n) is 13.1. The number of carbonyl (C=O) groups is 2. The van der Waals surface area contributed by atoms with Crippen LogP contribution in [0.2, 0.25) is 0 Å². The van der Waals surface area contributed by atoms with Crippen LogP contribution >= 0.6 is 0 Å². The molecule has 6 heteroatoms. The molecular weight excluding hydrogens is 294 g/mol. The monoisotopic (exact) mass is 313 g/mol. The van der Waals surface area contributed by atoms with Gasteiger partial charge in [-0.1, -0.05) is 18.2 Å². The number of carbonyl (C=O) groups excluding carboxylic acids is 2. The number of urea groups is 1. The lowest BCUT2D eigenvalue weighted by molar-refractivity contribution is -0.114. The van der Waals surface area contributed by atoms with Gasteiger partial charge in [-0.3, -0.25) is 4.79 Å². The Balaban J connectivity index is 1.90. The highest BCUT2D eigenvalue weighted by Crippen LogP contribution is 2.15. The van der Waals surface area contributed by atoms with Crippen molar-refractivity contribution in [1.29, 1.82) is 0 Å². The summed E-state index contributed by atoms with van der Waals surface area (Å²) in [6, 6.07) is 14.1. The second kappa shape index (κ2) is 7.84. The summed E-state index contributed by atoms with van der Waals surface area (Å²) < 4.78 is 5.14. The Labute approximate surface area is 134 Å². The summed E-state index contributed by atoms with van der Waals surface area (Å²) >= 11 is 0. The Morgan fingerprint density at radius 2 is 1.70 bits per heavy atom. The molecule has 0 fully saturated rings. The van der Waals surface area contributed by atoms with Crippen molar-refractivity contribution in [3.05, 3.63) is 54.1 Å². The lowest BCUT2D eigenvalue weighted by Crippen LogP contribution is -2.28. The Morgan fingerprint density at radius 3 is 2.39 bits per heavy atom. The fraction of sp³-hybridized carbons (Fsp3) is 0.176. The van der Waals surface area contributed by atoms with Crippen LogP contribution in [0.5, 0.6) is 5.75 Å². The van der Waals surface area contributed by atoms with E-state index in [2.05, 4.69) is 16.0 Å². The van der Waals surface area contributed by atoms with Gasteiger partial charge in [0.1, 0.15) is 5.75 Å². The van der Waals surface area contributed by atoms with Gasteiger partial charge in [0, 0.05) is 24.8 Å². The minimum absolute atomic E-state index is 0.162. The van der Waals surface area contributed by atoms with Crippen LogP contribution in [0.15, 0.2) is 48.5 Å². The Bertz CT molecular complexity index is 701. The number of benzene rings is 2. The van der Waals surface area contributed by atoms with Crippen LogP contribution in [-0.2, 0) is 11.3 Å². The van der Waals surface area contributed by atoms with Crippen molar-refractivity contribution in [2.75, 3.05) is 17.7 Å². The van der Waals surface area contributed by atoms with Gasteiger partial charge in [0.25, 0.3) is 0 Å². The lowest BCUT2D eigenvalue weighted by Gasteiger charge is -2.10. The van der Waals surface area contributed by atoms with E-state index in [4.69, 9.17) is 4.74 Å². The molecule has 0 aromatic heterocycles. The van der Waals surface area contributed by atoms with E-state index >= 15 is 0 Å². The maximum Gasteiger partial charge on any atom is 0.319 e. The van der Waals surface area contributed by atoms with Gasteiger partial charge in [-0.15, -0.1) is 0 Å². The molecule has 120 valence electrons. The lowest BCUT2D eigenvalue weighted by atomic mass is 10.2. The molecule has 0 aliphatic heterocycles. The maximum absolute atomic E-state index is 11.9. The molecule has 2 aromatic carbocycles. The predicted molar refractivity (Wildman–Crippen MR) is 89.6 cm³/mol. The maximum atomic E-state index is 11.9. The van der Waals surface area contributed by atoms with Crippen molar-refractivity contribution in [3.63, 3.8) is 0 Å². The van der Waals surface area contributed by atoms with Crippen LogP contribution in [0, 0.1) is 0 Å². The molecule has 0 saturated carbocycles. The highest BCUT2D eigenvalue weighted by Gasteiger charge is 2.04. The van der Waals surface area contributed by atoms with Crippen molar-refractivity contribution >= 4 is 23.3 Å². The molecule has 3 N–H and O–H groups in total. The van der Waals surface area contributed by atoms with E-state index in [1.54, 1.807) is 31.4 Å². The minimum Gasteiger partial charge on any atom is -0.497 e. The van der Waals surface area contributed by atoms with Gasteiger partial charge in [-0.05, 0) is 35.9 Å². The normalized spacial score (nSPS) is 9.83. The molecule has 2 aromatic rings. The third-order valence-electron chi connectivity index (χ3n) is 3.03. The van der Waals surface area contributed by atoms with E-state index < -0.39 is 0 Å². The number of hydrogen-bond donors (Lipinski definition) is 3. The van der Waals surface area contributed by atoms with Gasteiger partial charge in [0.2, 0.25) is 5.91 Å². The van der Waals surface area contributed by atoms with Gasteiger partial charge in [0.05, 0.1) is 7.11 Å². The van der Waals surface area contributed by atoms with Gasteiger partial charge < -0.3 is 20.7 Å². The number of anilines is 2. The van der Waals surface area contributed by atoms with Crippen molar-refractivity contribution in [1.82, 2.24) is 5.32 Å². The quantitative estimate of drug-likeness (QED) is 0.794. The van der Waals surface area contributed by atoms with E-state index in [0.29, 0.717) is 17.9 Å². The first-order valence-electron chi connectivity index (χ1n) is 7.12. The van der Waals surface area contributed by atoms with Crippen molar-refractivity contribution in [2.24, 2.45) is 0 Å². The Kier molecular flexibility index (Phi) is 5.57. The topological polar surface area (TPSA) is 79.5 Å². The number of methoxy groups -OCH3 is 1. The van der Waals surface area contributed by atoms with E-state index in [0.717, 1.165) is 11.3 Å². The number of nitrogens with one attached hydrogen (secondary N) is 3.